The van der Waals surface area contributed by atoms with Crippen molar-refractivity contribution in [3.63, 3.8) is 0 Å². The smallest absolute Gasteiger partial charge is 0.276 e. The molecular formula is C18H18ClN5O. The van der Waals surface area contributed by atoms with E-state index in [0.717, 1.165) is 42.5 Å². The first-order chi connectivity index (χ1) is 12.1. The number of nitrogens with zero attached hydrogens (tertiary/aromatic N) is 4. The fourth-order valence-electron chi connectivity index (χ4n) is 3.18. The molecule has 3 heterocycles. The van der Waals surface area contributed by atoms with E-state index < -0.39 is 0 Å². The number of rotatable bonds is 3. The minimum atomic E-state index is -0.329. The van der Waals surface area contributed by atoms with Crippen molar-refractivity contribution >= 4 is 40.0 Å². The van der Waals surface area contributed by atoms with Gasteiger partial charge in [0.1, 0.15) is 0 Å². The van der Waals surface area contributed by atoms with Crippen molar-refractivity contribution < 1.29 is 4.79 Å². The van der Waals surface area contributed by atoms with Gasteiger partial charge in [-0.05, 0) is 31.0 Å². The number of aromatic nitrogens is 3. The van der Waals surface area contributed by atoms with E-state index in [1.54, 1.807) is 0 Å². The van der Waals surface area contributed by atoms with Gasteiger partial charge in [0.05, 0.1) is 16.9 Å². The van der Waals surface area contributed by atoms with Crippen LogP contribution in [-0.2, 0) is 7.05 Å². The summed E-state index contributed by atoms with van der Waals surface area (Å²) >= 11 is 6.18. The van der Waals surface area contributed by atoms with Crippen LogP contribution in [0.2, 0.25) is 5.02 Å². The lowest BCUT2D eigenvalue weighted by molar-refractivity contribution is 0.102. The highest BCUT2D eigenvalue weighted by atomic mass is 35.5. The van der Waals surface area contributed by atoms with Crippen molar-refractivity contribution in [1.82, 2.24) is 14.5 Å². The Labute approximate surface area is 150 Å². The highest BCUT2D eigenvalue weighted by Gasteiger charge is 2.20. The van der Waals surface area contributed by atoms with Crippen LogP contribution in [-0.4, -0.2) is 33.5 Å². The van der Waals surface area contributed by atoms with Crippen molar-refractivity contribution in [2.24, 2.45) is 7.05 Å². The van der Waals surface area contributed by atoms with Gasteiger partial charge in [-0.15, -0.1) is 0 Å². The molecule has 1 amide bonds. The summed E-state index contributed by atoms with van der Waals surface area (Å²) in [7, 11) is 1.97. The summed E-state index contributed by atoms with van der Waals surface area (Å²) in [5.41, 5.74) is 1.98. The van der Waals surface area contributed by atoms with E-state index >= 15 is 0 Å². The SMILES string of the molecule is Cn1ccc2c(NC(=O)c3nc(N4CCCC4)ncc3Cl)cccc21. The first-order valence-electron chi connectivity index (χ1n) is 8.26. The van der Waals surface area contributed by atoms with E-state index in [0.29, 0.717) is 5.95 Å². The molecule has 2 aromatic heterocycles. The number of fused-ring (bicyclic) bond motifs is 1. The molecule has 1 aromatic carbocycles. The van der Waals surface area contributed by atoms with Gasteiger partial charge < -0.3 is 14.8 Å². The molecule has 1 N–H and O–H groups in total. The molecule has 128 valence electrons. The molecule has 7 heteroatoms. The lowest BCUT2D eigenvalue weighted by Crippen LogP contribution is -2.23. The number of carbonyl (C=O) groups excluding carboxylic acids is 1. The van der Waals surface area contributed by atoms with Gasteiger partial charge in [-0.1, -0.05) is 17.7 Å². The highest BCUT2D eigenvalue weighted by Crippen LogP contribution is 2.26. The molecule has 6 nitrogen and oxygen atoms in total. The van der Waals surface area contributed by atoms with Gasteiger partial charge in [0.2, 0.25) is 5.95 Å². The molecule has 1 saturated heterocycles. The maximum Gasteiger partial charge on any atom is 0.276 e. The number of carbonyl (C=O) groups is 1. The van der Waals surface area contributed by atoms with Crippen molar-refractivity contribution in [2.75, 3.05) is 23.3 Å². The quantitative estimate of drug-likeness (QED) is 0.781. The summed E-state index contributed by atoms with van der Waals surface area (Å²) in [6.07, 6.45) is 5.69. The van der Waals surface area contributed by atoms with Crippen molar-refractivity contribution in [1.29, 1.82) is 0 Å². The molecule has 0 aliphatic carbocycles. The molecular weight excluding hydrogens is 338 g/mol. The summed E-state index contributed by atoms with van der Waals surface area (Å²) in [6, 6.07) is 7.77. The van der Waals surface area contributed by atoms with Crippen LogP contribution in [0.15, 0.2) is 36.7 Å². The Morgan fingerprint density at radius 3 is 2.84 bits per heavy atom. The molecule has 1 aliphatic heterocycles. The first-order valence-corrected chi connectivity index (χ1v) is 8.64. The van der Waals surface area contributed by atoms with Crippen LogP contribution in [0.4, 0.5) is 11.6 Å². The average Bonchev–Trinajstić information content (AvgIpc) is 3.26. The number of nitrogens with one attached hydrogen (secondary N) is 1. The molecule has 0 bridgehead atoms. The van der Waals surface area contributed by atoms with Crippen LogP contribution >= 0.6 is 11.6 Å². The zero-order valence-corrected chi connectivity index (χ0v) is 14.6. The van der Waals surface area contributed by atoms with Crippen LogP contribution < -0.4 is 10.2 Å². The Bertz CT molecular complexity index is 946. The Balaban J connectivity index is 1.65. The van der Waals surface area contributed by atoms with Crippen LogP contribution in [0.1, 0.15) is 23.3 Å². The summed E-state index contributed by atoms with van der Waals surface area (Å²) < 4.78 is 2.01. The van der Waals surface area contributed by atoms with Gasteiger partial charge in [-0.25, -0.2) is 9.97 Å². The van der Waals surface area contributed by atoms with Crippen molar-refractivity contribution in [2.45, 2.75) is 12.8 Å². The van der Waals surface area contributed by atoms with E-state index in [9.17, 15) is 4.79 Å². The predicted octanol–water partition coefficient (Wildman–Crippen LogP) is 3.47. The lowest BCUT2D eigenvalue weighted by Gasteiger charge is -2.16. The average molecular weight is 356 g/mol. The molecule has 0 unspecified atom stereocenters. The van der Waals surface area contributed by atoms with Gasteiger partial charge in [0.25, 0.3) is 5.91 Å². The summed E-state index contributed by atoms with van der Waals surface area (Å²) in [4.78, 5) is 23.5. The zero-order chi connectivity index (χ0) is 17.4. The zero-order valence-electron chi connectivity index (χ0n) is 13.9. The van der Waals surface area contributed by atoms with Crippen LogP contribution in [0.5, 0.6) is 0 Å². The number of amides is 1. The number of hydrogen-bond donors (Lipinski definition) is 1. The molecule has 4 rings (SSSR count). The van der Waals surface area contributed by atoms with Gasteiger partial charge in [0, 0.05) is 37.2 Å². The van der Waals surface area contributed by atoms with E-state index in [-0.39, 0.29) is 16.6 Å². The van der Waals surface area contributed by atoms with Gasteiger partial charge in [-0.2, -0.15) is 0 Å². The summed E-state index contributed by atoms with van der Waals surface area (Å²) in [6.45, 7) is 1.82. The Kier molecular flexibility index (Phi) is 4.05. The molecule has 25 heavy (non-hydrogen) atoms. The first kappa shape index (κ1) is 15.9. The minimum Gasteiger partial charge on any atom is -0.350 e. The summed E-state index contributed by atoms with van der Waals surface area (Å²) in [5.74, 6) is 0.231. The van der Waals surface area contributed by atoms with Gasteiger partial charge >= 0.3 is 0 Å². The Hall–Kier alpha value is -2.60. The van der Waals surface area contributed by atoms with Gasteiger partial charge in [-0.3, -0.25) is 4.79 Å². The van der Waals surface area contributed by atoms with Crippen molar-refractivity contribution in [3.8, 4) is 0 Å². The molecule has 1 fully saturated rings. The third-order valence-electron chi connectivity index (χ3n) is 4.51. The van der Waals surface area contributed by atoms with E-state index in [1.165, 1.54) is 6.20 Å². The van der Waals surface area contributed by atoms with Gasteiger partial charge in [0.15, 0.2) is 5.69 Å². The molecule has 0 radical (unpaired) electrons. The number of benzene rings is 1. The number of anilines is 2. The second-order valence-electron chi connectivity index (χ2n) is 6.18. The molecule has 0 spiro atoms. The van der Waals surface area contributed by atoms with Crippen LogP contribution in [0.25, 0.3) is 10.9 Å². The lowest BCUT2D eigenvalue weighted by atomic mass is 10.2. The number of halogens is 1. The molecule has 0 saturated carbocycles. The third kappa shape index (κ3) is 2.93. The Morgan fingerprint density at radius 2 is 2.04 bits per heavy atom. The molecule has 0 atom stereocenters. The van der Waals surface area contributed by atoms with E-state index in [4.69, 9.17) is 11.6 Å². The third-order valence-corrected chi connectivity index (χ3v) is 4.79. The normalized spacial score (nSPS) is 14.2. The predicted molar refractivity (Wildman–Crippen MR) is 99.4 cm³/mol. The maximum atomic E-state index is 12.7. The molecule has 1 aliphatic rings. The fraction of sp³-hybridized carbons (Fsp3) is 0.278. The highest BCUT2D eigenvalue weighted by molar-refractivity contribution is 6.34. The number of aryl methyl sites for hydroxylation is 1. The fourth-order valence-corrected chi connectivity index (χ4v) is 3.36. The van der Waals surface area contributed by atoms with Crippen LogP contribution in [0, 0.1) is 0 Å². The maximum absolute atomic E-state index is 12.7. The van der Waals surface area contributed by atoms with Crippen LogP contribution in [0.3, 0.4) is 0 Å². The van der Waals surface area contributed by atoms with E-state index in [1.807, 2.05) is 42.1 Å². The monoisotopic (exact) mass is 355 g/mol. The molecule has 3 aromatic rings. The largest absolute Gasteiger partial charge is 0.350 e. The van der Waals surface area contributed by atoms with Crippen molar-refractivity contribution in [3.05, 3.63) is 47.4 Å². The topological polar surface area (TPSA) is 63.1 Å². The Morgan fingerprint density at radius 1 is 1.24 bits per heavy atom. The summed E-state index contributed by atoms with van der Waals surface area (Å²) in [5, 5.41) is 4.15. The second-order valence-corrected chi connectivity index (χ2v) is 6.59. The number of hydrogen-bond acceptors (Lipinski definition) is 4. The minimum absolute atomic E-state index is 0.200. The van der Waals surface area contributed by atoms with E-state index in [2.05, 4.69) is 20.2 Å². The standard InChI is InChI=1S/C18H18ClN5O/c1-23-10-7-12-14(5-4-6-15(12)23)21-17(25)16-13(19)11-20-18(22-16)24-8-2-3-9-24/h4-7,10-11H,2-3,8-9H2,1H3,(H,21,25). The second kappa shape index (κ2) is 6.37.